The lowest BCUT2D eigenvalue weighted by atomic mass is 9.81. The maximum absolute atomic E-state index is 14.0. The van der Waals surface area contributed by atoms with Crippen LogP contribution in [0, 0.1) is 5.82 Å². The van der Waals surface area contributed by atoms with Crippen molar-refractivity contribution in [1.82, 2.24) is 10.3 Å². The molecule has 2 rings (SSSR count). The van der Waals surface area contributed by atoms with Gasteiger partial charge in [0.05, 0.1) is 30.1 Å². The van der Waals surface area contributed by atoms with Crippen molar-refractivity contribution in [3.63, 3.8) is 0 Å². The normalized spacial score (nSPS) is 14.2. The molecule has 1 atom stereocenters. The highest BCUT2D eigenvalue weighted by Crippen LogP contribution is 2.35. The number of pyridine rings is 1. The summed E-state index contributed by atoms with van der Waals surface area (Å²) < 4.78 is 58.8. The molecule has 0 saturated carbocycles. The third-order valence-corrected chi connectivity index (χ3v) is 4.90. The standard InChI is InChI=1S/C24H26F4N2O/c1-5-6-7-8-17(2)14-23(29-3,22-10-9-21(31-4)16-30-22)15-18-11-19(24(26,27)28)13-20(25)12-18/h5-13,16,29H,2,14-15H2,1,3-4H3/b6-5-,8-7-. The number of hydrogen-bond donors (Lipinski definition) is 1. The van der Waals surface area contributed by atoms with E-state index in [1.807, 2.05) is 31.2 Å². The second-order valence-electron chi connectivity index (χ2n) is 7.16. The largest absolute Gasteiger partial charge is 0.495 e. The number of rotatable bonds is 9. The highest BCUT2D eigenvalue weighted by molar-refractivity contribution is 5.34. The van der Waals surface area contributed by atoms with Crippen LogP contribution in [-0.2, 0) is 18.1 Å². The Morgan fingerprint density at radius 3 is 2.48 bits per heavy atom. The van der Waals surface area contributed by atoms with Crippen molar-refractivity contribution in [1.29, 1.82) is 0 Å². The molecule has 166 valence electrons. The fourth-order valence-electron chi connectivity index (χ4n) is 3.35. The summed E-state index contributed by atoms with van der Waals surface area (Å²) in [5, 5.41) is 3.20. The Kier molecular flexibility index (Phi) is 8.16. The van der Waals surface area contributed by atoms with Gasteiger partial charge in [0.1, 0.15) is 11.6 Å². The molecule has 31 heavy (non-hydrogen) atoms. The molecule has 0 aliphatic rings. The van der Waals surface area contributed by atoms with Crippen molar-refractivity contribution in [2.24, 2.45) is 0 Å². The van der Waals surface area contributed by atoms with E-state index in [-0.39, 0.29) is 12.0 Å². The molecule has 1 heterocycles. The summed E-state index contributed by atoms with van der Waals surface area (Å²) in [6.45, 7) is 5.95. The number of hydrogen-bond acceptors (Lipinski definition) is 3. The van der Waals surface area contributed by atoms with Crippen LogP contribution in [0.1, 0.15) is 30.2 Å². The van der Waals surface area contributed by atoms with Crippen LogP contribution >= 0.6 is 0 Å². The number of allylic oxidation sites excluding steroid dienone is 4. The summed E-state index contributed by atoms with van der Waals surface area (Å²) in [6, 6.07) is 6.04. The quantitative estimate of drug-likeness (QED) is 0.389. The summed E-state index contributed by atoms with van der Waals surface area (Å²) in [6.07, 6.45) is 4.67. The van der Waals surface area contributed by atoms with E-state index < -0.39 is 23.1 Å². The van der Waals surface area contributed by atoms with Gasteiger partial charge in [-0.2, -0.15) is 13.2 Å². The summed E-state index contributed by atoms with van der Waals surface area (Å²) in [7, 11) is 3.21. The smallest absolute Gasteiger partial charge is 0.416 e. The Labute approximate surface area is 180 Å². The highest BCUT2D eigenvalue weighted by Gasteiger charge is 2.35. The molecule has 1 aromatic carbocycles. The minimum absolute atomic E-state index is 0.0696. The van der Waals surface area contributed by atoms with Gasteiger partial charge in [-0.15, -0.1) is 0 Å². The Bertz CT molecular complexity index is 949. The highest BCUT2D eigenvalue weighted by atomic mass is 19.4. The number of aromatic nitrogens is 1. The van der Waals surface area contributed by atoms with Crippen molar-refractivity contribution in [2.75, 3.05) is 14.2 Å². The number of ether oxygens (including phenoxy) is 1. The number of likely N-dealkylation sites (N-methyl/N-ethyl adjacent to an activating group) is 1. The molecule has 0 spiro atoms. The van der Waals surface area contributed by atoms with E-state index in [0.29, 0.717) is 23.9 Å². The molecule has 0 bridgehead atoms. The summed E-state index contributed by atoms with van der Waals surface area (Å²) in [5.74, 6) is -0.394. The molecule has 0 saturated heterocycles. The molecule has 1 N–H and O–H groups in total. The molecule has 7 heteroatoms. The lowest BCUT2D eigenvalue weighted by Gasteiger charge is -2.34. The van der Waals surface area contributed by atoms with Gasteiger partial charge < -0.3 is 10.1 Å². The second-order valence-corrected chi connectivity index (χ2v) is 7.16. The zero-order valence-electron chi connectivity index (χ0n) is 17.8. The number of alkyl halides is 3. The average Bonchev–Trinajstić information content (AvgIpc) is 2.72. The fraction of sp³-hybridized carbons (Fsp3) is 0.292. The van der Waals surface area contributed by atoms with Crippen molar-refractivity contribution in [2.45, 2.75) is 31.5 Å². The summed E-state index contributed by atoms with van der Waals surface area (Å²) in [4.78, 5) is 4.45. The monoisotopic (exact) mass is 434 g/mol. The van der Waals surface area contributed by atoms with Gasteiger partial charge >= 0.3 is 6.18 Å². The molecular weight excluding hydrogens is 408 g/mol. The molecule has 0 fully saturated rings. The maximum atomic E-state index is 14.0. The number of benzene rings is 1. The van der Waals surface area contributed by atoms with Crippen LogP contribution in [0.3, 0.4) is 0 Å². The molecule has 0 amide bonds. The van der Waals surface area contributed by atoms with Gasteiger partial charge in [-0.3, -0.25) is 4.98 Å². The van der Waals surface area contributed by atoms with Crippen LogP contribution in [0.25, 0.3) is 0 Å². The van der Waals surface area contributed by atoms with E-state index in [4.69, 9.17) is 4.74 Å². The first-order valence-corrected chi connectivity index (χ1v) is 9.67. The van der Waals surface area contributed by atoms with Crippen LogP contribution in [-0.4, -0.2) is 19.1 Å². The maximum Gasteiger partial charge on any atom is 0.416 e. The Morgan fingerprint density at radius 2 is 1.94 bits per heavy atom. The zero-order valence-corrected chi connectivity index (χ0v) is 17.8. The van der Waals surface area contributed by atoms with Gasteiger partial charge in [0.15, 0.2) is 0 Å². The number of halogens is 4. The lowest BCUT2D eigenvalue weighted by molar-refractivity contribution is -0.137. The van der Waals surface area contributed by atoms with Gasteiger partial charge in [-0.05, 0) is 62.7 Å². The second kappa shape index (κ2) is 10.4. The summed E-state index contributed by atoms with van der Waals surface area (Å²) >= 11 is 0. The van der Waals surface area contributed by atoms with Crippen molar-refractivity contribution < 1.29 is 22.3 Å². The van der Waals surface area contributed by atoms with E-state index in [0.717, 1.165) is 17.7 Å². The van der Waals surface area contributed by atoms with Gasteiger partial charge in [0.25, 0.3) is 0 Å². The van der Waals surface area contributed by atoms with Crippen LogP contribution < -0.4 is 10.1 Å². The van der Waals surface area contributed by atoms with Gasteiger partial charge in [-0.1, -0.05) is 36.5 Å². The third kappa shape index (κ3) is 6.52. The SMILES string of the molecule is C=C(/C=C\C=C/C)CC(Cc1cc(F)cc(C(F)(F)F)c1)(NC)c1ccc(OC)cn1. The molecule has 1 aromatic heterocycles. The van der Waals surface area contributed by atoms with Crippen LogP contribution in [0.15, 0.2) is 73.0 Å². The fourth-order valence-corrected chi connectivity index (χ4v) is 3.35. The van der Waals surface area contributed by atoms with Crippen LogP contribution in [0.5, 0.6) is 5.75 Å². The van der Waals surface area contributed by atoms with E-state index >= 15 is 0 Å². The number of nitrogens with one attached hydrogen (secondary N) is 1. The molecule has 0 aliphatic carbocycles. The van der Waals surface area contributed by atoms with E-state index in [9.17, 15) is 17.6 Å². The Hall–Kier alpha value is -2.93. The topological polar surface area (TPSA) is 34.1 Å². The zero-order chi connectivity index (χ0) is 23.1. The van der Waals surface area contributed by atoms with Crippen LogP contribution in [0.2, 0.25) is 0 Å². The van der Waals surface area contributed by atoms with Gasteiger partial charge in [-0.25, -0.2) is 4.39 Å². The first-order chi connectivity index (χ1) is 14.6. The minimum atomic E-state index is -4.64. The van der Waals surface area contributed by atoms with Gasteiger partial charge in [0, 0.05) is 0 Å². The summed E-state index contributed by atoms with van der Waals surface area (Å²) in [5.41, 5.74) is -0.432. The molecule has 0 radical (unpaired) electrons. The van der Waals surface area contributed by atoms with E-state index in [2.05, 4.69) is 16.9 Å². The first kappa shape index (κ1) is 24.3. The molecule has 3 nitrogen and oxygen atoms in total. The third-order valence-electron chi connectivity index (χ3n) is 4.90. The molecule has 1 unspecified atom stereocenters. The number of nitrogens with zero attached hydrogens (tertiary/aromatic N) is 1. The minimum Gasteiger partial charge on any atom is -0.495 e. The molecule has 0 aliphatic heterocycles. The van der Waals surface area contributed by atoms with Crippen LogP contribution in [0.4, 0.5) is 17.6 Å². The van der Waals surface area contributed by atoms with E-state index in [1.54, 1.807) is 19.2 Å². The molecular formula is C24H26F4N2O. The molecule has 2 aromatic rings. The van der Waals surface area contributed by atoms with Crippen molar-refractivity contribution in [3.05, 3.63) is 95.6 Å². The lowest BCUT2D eigenvalue weighted by Crippen LogP contribution is -2.43. The number of methoxy groups -OCH3 is 1. The Balaban J connectivity index is 2.52. The first-order valence-electron chi connectivity index (χ1n) is 9.67. The van der Waals surface area contributed by atoms with Crippen molar-refractivity contribution >= 4 is 0 Å². The van der Waals surface area contributed by atoms with E-state index in [1.165, 1.54) is 13.3 Å². The average molecular weight is 434 g/mol. The predicted molar refractivity (Wildman–Crippen MR) is 114 cm³/mol. The predicted octanol–water partition coefficient (Wildman–Crippen LogP) is 5.98. The van der Waals surface area contributed by atoms with Gasteiger partial charge in [0.2, 0.25) is 0 Å². The van der Waals surface area contributed by atoms with Crippen molar-refractivity contribution in [3.8, 4) is 5.75 Å². The Morgan fingerprint density at radius 1 is 1.19 bits per heavy atom.